The lowest BCUT2D eigenvalue weighted by Gasteiger charge is -2.31. The molecule has 304 valence electrons. The average molecular weight is 798 g/mol. The summed E-state index contributed by atoms with van der Waals surface area (Å²) in [7, 11) is 2.59. The summed E-state index contributed by atoms with van der Waals surface area (Å²) >= 11 is 0. The molecule has 0 spiro atoms. The van der Waals surface area contributed by atoms with Crippen LogP contribution in [0.25, 0.3) is 33.6 Å². The highest BCUT2D eigenvalue weighted by molar-refractivity contribution is 5.89. The number of aryl methyl sites for hydroxylation is 1. The van der Waals surface area contributed by atoms with Crippen LogP contribution in [0.4, 0.5) is 9.59 Å². The first-order valence-corrected chi connectivity index (χ1v) is 20.0. The van der Waals surface area contributed by atoms with Crippen molar-refractivity contribution in [1.82, 2.24) is 40.0 Å². The molecule has 5 heterocycles. The minimum absolute atomic E-state index is 0.00133. The van der Waals surface area contributed by atoms with Gasteiger partial charge in [0.1, 0.15) is 35.2 Å². The molecule has 15 nitrogen and oxygen atoms in total. The van der Waals surface area contributed by atoms with Crippen LogP contribution < -0.4 is 10.6 Å². The van der Waals surface area contributed by atoms with E-state index in [-0.39, 0.29) is 36.0 Å². The van der Waals surface area contributed by atoms with Crippen LogP contribution >= 0.6 is 0 Å². The SMILES string of the molecule is COC(=O)N[C@H]1CCc2cc(C#N)n3c2C1C(=O)C[C@H](c1ncc(-c2ccc(-c4ccc(-c5cnc([C@H]6CCCN6C(=O)[C@H](NC(=O)OC)C(C)C)[nH]5)cc4)cc2)[nH]1)C3. The smallest absolute Gasteiger partial charge is 0.407 e. The lowest BCUT2D eigenvalue weighted by Crippen LogP contribution is -2.51. The van der Waals surface area contributed by atoms with Crippen molar-refractivity contribution in [3.8, 4) is 39.7 Å². The second-order valence-corrected chi connectivity index (χ2v) is 15.9. The molecule has 59 heavy (non-hydrogen) atoms. The largest absolute Gasteiger partial charge is 0.453 e. The maximum Gasteiger partial charge on any atom is 0.407 e. The van der Waals surface area contributed by atoms with E-state index in [2.05, 4.69) is 55.9 Å². The molecule has 8 rings (SSSR count). The van der Waals surface area contributed by atoms with Crippen LogP contribution in [-0.4, -0.2) is 86.1 Å². The van der Waals surface area contributed by atoms with E-state index in [0.717, 1.165) is 57.7 Å². The molecule has 0 bridgehead atoms. The second kappa shape index (κ2) is 16.3. The highest BCUT2D eigenvalue weighted by Crippen LogP contribution is 2.41. The molecule has 1 fully saturated rings. The van der Waals surface area contributed by atoms with Crippen molar-refractivity contribution in [2.45, 2.75) is 82.5 Å². The number of amides is 3. The summed E-state index contributed by atoms with van der Waals surface area (Å²) in [5, 5.41) is 15.6. The van der Waals surface area contributed by atoms with Gasteiger partial charge in [0.25, 0.3) is 0 Å². The first-order chi connectivity index (χ1) is 28.6. The molecule has 4 N–H and O–H groups in total. The average Bonchev–Trinajstić information content (AvgIpc) is 4.08. The van der Waals surface area contributed by atoms with Gasteiger partial charge in [0, 0.05) is 37.2 Å². The Morgan fingerprint density at radius 1 is 0.881 bits per heavy atom. The van der Waals surface area contributed by atoms with E-state index in [1.807, 2.05) is 48.7 Å². The Hall–Kier alpha value is -6.69. The topological polar surface area (TPSA) is 200 Å². The monoisotopic (exact) mass is 797 g/mol. The highest BCUT2D eigenvalue weighted by Gasteiger charge is 2.43. The number of H-pyrrole nitrogens is 2. The number of ether oxygens (including phenoxy) is 2. The van der Waals surface area contributed by atoms with Crippen LogP contribution in [0.2, 0.25) is 0 Å². The zero-order valence-corrected chi connectivity index (χ0v) is 33.5. The summed E-state index contributed by atoms with van der Waals surface area (Å²) in [6, 6.07) is 19.2. The quantitative estimate of drug-likeness (QED) is 0.131. The summed E-state index contributed by atoms with van der Waals surface area (Å²) in [5.74, 6) is 0.255. The molecule has 2 aromatic carbocycles. The number of imidazole rings is 2. The molecule has 3 aliphatic rings. The van der Waals surface area contributed by atoms with Gasteiger partial charge in [0.15, 0.2) is 0 Å². The molecular formula is C44H47N9O6. The van der Waals surface area contributed by atoms with E-state index < -0.39 is 30.2 Å². The Morgan fingerprint density at radius 3 is 2.10 bits per heavy atom. The van der Waals surface area contributed by atoms with Gasteiger partial charge in [-0.25, -0.2) is 19.6 Å². The van der Waals surface area contributed by atoms with Crippen LogP contribution in [0.3, 0.4) is 0 Å². The number of nitrogens with zero attached hydrogens (tertiary/aromatic N) is 5. The predicted octanol–water partition coefficient (Wildman–Crippen LogP) is 6.36. The fraction of sp³-hybridized carbons (Fsp3) is 0.386. The summed E-state index contributed by atoms with van der Waals surface area (Å²) in [6.07, 6.45) is 5.42. The number of carbonyl (C=O) groups is 4. The molecule has 1 saturated heterocycles. The van der Waals surface area contributed by atoms with Crippen LogP contribution in [0.1, 0.15) is 86.0 Å². The number of Topliss-reactive ketones (excluding diaryl/α,β-unsaturated/α-hetero) is 1. The summed E-state index contributed by atoms with van der Waals surface area (Å²) in [4.78, 5) is 69.7. The molecule has 3 amide bonds. The standard InChI is InChI=1S/C44H47N9O6/c1-24(2)38(51-44(57)59-4)42(55)52-17-5-6-35(52)41-47-22-34(49-41)28-13-9-26(10-14-28)25-7-11-27(12-8-25)33-21-46-40(48-33)30-19-36(54)37-32(50-43(56)58-3)16-15-29-18-31(20-45)53(23-30)39(29)37/h7-14,18,21-22,24,30,32,35,37-38H,5-6,15-17,19,23H2,1-4H3,(H,46,48)(H,47,49)(H,50,56)(H,51,57)/t30-,32-,35+,37?,38+/m0/s1. The molecule has 5 atom stereocenters. The van der Waals surface area contributed by atoms with E-state index in [1.165, 1.54) is 14.2 Å². The van der Waals surface area contributed by atoms with Crippen LogP contribution in [0, 0.1) is 17.2 Å². The Labute approximate surface area is 341 Å². The van der Waals surface area contributed by atoms with Crippen molar-refractivity contribution in [3.63, 3.8) is 0 Å². The summed E-state index contributed by atoms with van der Waals surface area (Å²) in [5.41, 5.74) is 7.91. The number of ketones is 1. The zero-order valence-electron chi connectivity index (χ0n) is 33.5. The van der Waals surface area contributed by atoms with E-state index in [1.54, 1.807) is 17.3 Å². The van der Waals surface area contributed by atoms with Crippen LogP contribution in [-0.2, 0) is 32.0 Å². The maximum atomic E-state index is 13.9. The summed E-state index contributed by atoms with van der Waals surface area (Å²) < 4.78 is 11.5. The van der Waals surface area contributed by atoms with Crippen molar-refractivity contribution in [1.29, 1.82) is 5.26 Å². The molecule has 2 aliphatic heterocycles. The van der Waals surface area contributed by atoms with Gasteiger partial charge in [0.2, 0.25) is 5.91 Å². The predicted molar refractivity (Wildman–Crippen MR) is 217 cm³/mol. The minimum Gasteiger partial charge on any atom is -0.453 e. The van der Waals surface area contributed by atoms with Gasteiger partial charge in [-0.2, -0.15) is 5.26 Å². The van der Waals surface area contributed by atoms with Gasteiger partial charge in [-0.15, -0.1) is 0 Å². The fourth-order valence-corrected chi connectivity index (χ4v) is 8.95. The van der Waals surface area contributed by atoms with Crippen molar-refractivity contribution in [2.24, 2.45) is 5.92 Å². The number of benzene rings is 2. The third kappa shape index (κ3) is 7.58. The Morgan fingerprint density at radius 2 is 1.49 bits per heavy atom. The number of methoxy groups -OCH3 is 2. The zero-order chi connectivity index (χ0) is 41.4. The molecular weight excluding hydrogens is 751 g/mol. The first kappa shape index (κ1) is 39.2. The lowest BCUT2D eigenvalue weighted by molar-refractivity contribution is -0.135. The van der Waals surface area contributed by atoms with Gasteiger partial charge in [-0.05, 0) is 65.5 Å². The Balaban J connectivity index is 0.947. The van der Waals surface area contributed by atoms with Gasteiger partial charge in [0.05, 0.1) is 50.0 Å². The number of aromatic amines is 2. The third-order valence-electron chi connectivity index (χ3n) is 12.0. The van der Waals surface area contributed by atoms with Crippen LogP contribution in [0.5, 0.6) is 0 Å². The highest BCUT2D eigenvalue weighted by atomic mass is 16.5. The maximum absolute atomic E-state index is 13.9. The number of rotatable bonds is 9. The number of hydrogen-bond donors (Lipinski definition) is 4. The van der Waals surface area contributed by atoms with Crippen molar-refractivity contribution in [3.05, 3.63) is 95.6 Å². The number of nitriles is 1. The number of likely N-dealkylation sites (tertiary alicyclic amines) is 1. The molecule has 3 aromatic heterocycles. The van der Waals surface area contributed by atoms with E-state index >= 15 is 0 Å². The van der Waals surface area contributed by atoms with E-state index in [9.17, 15) is 24.4 Å². The second-order valence-electron chi connectivity index (χ2n) is 15.9. The molecule has 5 aromatic rings. The minimum atomic E-state index is -0.697. The van der Waals surface area contributed by atoms with E-state index in [0.29, 0.717) is 43.3 Å². The molecule has 0 saturated carbocycles. The fourth-order valence-electron chi connectivity index (χ4n) is 8.95. The third-order valence-corrected chi connectivity index (χ3v) is 12.0. The van der Waals surface area contributed by atoms with Crippen molar-refractivity contribution < 1.29 is 28.7 Å². The number of alkyl carbamates (subject to hydrolysis) is 2. The Bertz CT molecular complexity index is 2420. The molecule has 15 heteroatoms. The lowest BCUT2D eigenvalue weighted by atomic mass is 9.79. The number of hydrogen-bond acceptors (Lipinski definition) is 9. The molecule has 0 radical (unpaired) electrons. The van der Waals surface area contributed by atoms with Gasteiger partial charge in [-0.1, -0.05) is 62.4 Å². The van der Waals surface area contributed by atoms with Gasteiger partial charge in [-0.3, -0.25) is 9.59 Å². The number of aromatic nitrogens is 5. The number of carbonyl (C=O) groups excluding carboxylic acids is 4. The summed E-state index contributed by atoms with van der Waals surface area (Å²) in [6.45, 7) is 4.79. The van der Waals surface area contributed by atoms with Crippen molar-refractivity contribution >= 4 is 23.9 Å². The number of nitrogens with one attached hydrogen (secondary N) is 4. The Kier molecular flexibility index (Phi) is 10.8. The van der Waals surface area contributed by atoms with Gasteiger partial charge >= 0.3 is 12.2 Å². The van der Waals surface area contributed by atoms with Crippen molar-refractivity contribution in [2.75, 3.05) is 20.8 Å². The van der Waals surface area contributed by atoms with E-state index in [4.69, 9.17) is 14.5 Å². The van der Waals surface area contributed by atoms with Gasteiger partial charge < -0.3 is 39.5 Å². The molecule has 1 aliphatic carbocycles. The normalized spacial score (nSPS) is 20.3. The van der Waals surface area contributed by atoms with Crippen LogP contribution in [0.15, 0.2) is 67.0 Å². The first-order valence-electron chi connectivity index (χ1n) is 20.0. The molecule has 1 unspecified atom stereocenters.